The van der Waals surface area contributed by atoms with E-state index in [2.05, 4.69) is 20.9 Å². The van der Waals surface area contributed by atoms with E-state index in [1.54, 1.807) is 0 Å². The van der Waals surface area contributed by atoms with E-state index in [9.17, 15) is 0 Å². The highest BCUT2D eigenvalue weighted by atomic mass is 79.9. The van der Waals surface area contributed by atoms with Gasteiger partial charge in [0.2, 0.25) is 0 Å². The molecule has 0 radical (unpaired) electrons. The number of unbranched alkanes of at least 4 members (excludes halogenated alkanes) is 1. The van der Waals surface area contributed by atoms with E-state index >= 15 is 0 Å². The minimum absolute atomic E-state index is 0.272. The maximum atomic E-state index is 8.57. The zero-order chi connectivity index (χ0) is 8.81. The summed E-state index contributed by atoms with van der Waals surface area (Å²) in [4.78, 5) is 4.28. The highest BCUT2D eigenvalue weighted by Gasteiger charge is 1.94. The fourth-order valence-electron chi connectivity index (χ4n) is 1.01. The third-order valence-electron chi connectivity index (χ3n) is 1.61. The average Bonchev–Trinajstić information content (AvgIpc) is 2.05. The molecule has 0 aliphatic carbocycles. The van der Waals surface area contributed by atoms with E-state index in [1.807, 2.05) is 18.2 Å². The minimum Gasteiger partial charge on any atom is -0.396 e. The molecule has 3 heteroatoms. The van der Waals surface area contributed by atoms with Crippen molar-refractivity contribution < 1.29 is 5.11 Å². The lowest BCUT2D eigenvalue weighted by Gasteiger charge is -1.99. The Labute approximate surface area is 80.8 Å². The first kappa shape index (κ1) is 9.68. The SMILES string of the molecule is OCCCCc1cccc(Br)n1. The second-order valence-electron chi connectivity index (χ2n) is 2.63. The lowest BCUT2D eigenvalue weighted by molar-refractivity contribution is 0.284. The summed E-state index contributed by atoms with van der Waals surface area (Å²) >= 11 is 3.31. The first-order valence-corrected chi connectivity index (χ1v) is 4.84. The molecule has 0 aliphatic heterocycles. The number of halogens is 1. The predicted molar refractivity (Wildman–Crippen MR) is 52.0 cm³/mol. The Morgan fingerprint density at radius 2 is 2.17 bits per heavy atom. The van der Waals surface area contributed by atoms with Crippen LogP contribution in [0.2, 0.25) is 0 Å². The van der Waals surface area contributed by atoms with Crippen molar-refractivity contribution in [3.63, 3.8) is 0 Å². The van der Waals surface area contributed by atoms with E-state index in [4.69, 9.17) is 5.11 Å². The summed E-state index contributed by atoms with van der Waals surface area (Å²) < 4.78 is 0.879. The van der Waals surface area contributed by atoms with Crippen molar-refractivity contribution in [1.29, 1.82) is 0 Å². The third-order valence-corrected chi connectivity index (χ3v) is 2.06. The number of aryl methyl sites for hydroxylation is 1. The molecule has 0 saturated carbocycles. The summed E-state index contributed by atoms with van der Waals surface area (Å²) in [6.45, 7) is 0.272. The number of aliphatic hydroxyl groups excluding tert-OH is 1. The van der Waals surface area contributed by atoms with Gasteiger partial charge in [0.15, 0.2) is 0 Å². The van der Waals surface area contributed by atoms with E-state index in [-0.39, 0.29) is 6.61 Å². The average molecular weight is 230 g/mol. The molecule has 0 bridgehead atoms. The van der Waals surface area contributed by atoms with Gasteiger partial charge in [-0.3, -0.25) is 0 Å². The molecule has 2 nitrogen and oxygen atoms in total. The van der Waals surface area contributed by atoms with Gasteiger partial charge in [-0.25, -0.2) is 4.98 Å². The Hall–Kier alpha value is -0.410. The van der Waals surface area contributed by atoms with E-state index < -0.39 is 0 Å². The molecule has 1 N–H and O–H groups in total. The molecular weight excluding hydrogens is 218 g/mol. The fraction of sp³-hybridized carbons (Fsp3) is 0.444. The van der Waals surface area contributed by atoms with Crippen LogP contribution in [-0.2, 0) is 6.42 Å². The highest BCUT2D eigenvalue weighted by molar-refractivity contribution is 9.10. The van der Waals surface area contributed by atoms with Crippen LogP contribution in [0.1, 0.15) is 18.5 Å². The molecule has 12 heavy (non-hydrogen) atoms. The number of nitrogens with zero attached hydrogens (tertiary/aromatic N) is 1. The van der Waals surface area contributed by atoms with Crippen LogP contribution in [0.25, 0.3) is 0 Å². The Morgan fingerprint density at radius 1 is 1.33 bits per heavy atom. The molecule has 1 aromatic heterocycles. The lowest BCUT2D eigenvalue weighted by atomic mass is 10.2. The fourth-order valence-corrected chi connectivity index (χ4v) is 1.39. The first-order valence-electron chi connectivity index (χ1n) is 4.05. The van der Waals surface area contributed by atoms with Crippen molar-refractivity contribution >= 4 is 15.9 Å². The third kappa shape index (κ3) is 3.32. The molecule has 0 spiro atoms. The normalized spacial score (nSPS) is 10.2. The van der Waals surface area contributed by atoms with Gasteiger partial charge in [-0.15, -0.1) is 0 Å². The van der Waals surface area contributed by atoms with Crippen LogP contribution in [0.5, 0.6) is 0 Å². The Bertz CT molecular complexity index is 240. The largest absolute Gasteiger partial charge is 0.396 e. The van der Waals surface area contributed by atoms with Gasteiger partial charge in [0, 0.05) is 12.3 Å². The summed E-state index contributed by atoms with van der Waals surface area (Å²) in [6, 6.07) is 5.89. The second kappa shape index (κ2) is 5.27. The Kier molecular flexibility index (Phi) is 4.25. The zero-order valence-electron chi connectivity index (χ0n) is 6.83. The molecule has 0 amide bonds. The number of hydrogen-bond acceptors (Lipinski definition) is 2. The number of pyridine rings is 1. The molecule has 0 saturated heterocycles. The summed E-state index contributed by atoms with van der Waals surface area (Å²) in [7, 11) is 0. The standard InChI is InChI=1S/C9H12BrNO/c10-9-6-3-5-8(11-9)4-1-2-7-12/h3,5-6,12H,1-2,4,7H2. The van der Waals surface area contributed by atoms with Crippen LogP contribution in [-0.4, -0.2) is 16.7 Å². The summed E-state index contributed by atoms with van der Waals surface area (Å²) in [6.07, 6.45) is 2.80. The highest BCUT2D eigenvalue weighted by Crippen LogP contribution is 2.08. The monoisotopic (exact) mass is 229 g/mol. The van der Waals surface area contributed by atoms with Crippen molar-refractivity contribution in [2.75, 3.05) is 6.61 Å². The minimum atomic E-state index is 0.272. The maximum absolute atomic E-state index is 8.57. The molecule has 1 rings (SSSR count). The van der Waals surface area contributed by atoms with Gasteiger partial charge in [-0.05, 0) is 47.3 Å². The number of aliphatic hydroxyl groups is 1. The maximum Gasteiger partial charge on any atom is 0.106 e. The van der Waals surface area contributed by atoms with Gasteiger partial charge in [0.05, 0.1) is 0 Å². The smallest absolute Gasteiger partial charge is 0.106 e. The molecule has 0 fully saturated rings. The van der Waals surface area contributed by atoms with Gasteiger partial charge in [0.1, 0.15) is 4.60 Å². The van der Waals surface area contributed by atoms with Crippen molar-refractivity contribution in [2.45, 2.75) is 19.3 Å². The van der Waals surface area contributed by atoms with Gasteiger partial charge in [0.25, 0.3) is 0 Å². The predicted octanol–water partition coefficient (Wildman–Crippen LogP) is 2.16. The molecule has 0 aromatic carbocycles. The first-order chi connectivity index (χ1) is 5.83. The quantitative estimate of drug-likeness (QED) is 0.635. The lowest BCUT2D eigenvalue weighted by Crippen LogP contribution is -1.91. The Morgan fingerprint density at radius 3 is 2.83 bits per heavy atom. The van der Waals surface area contributed by atoms with E-state index in [0.29, 0.717) is 0 Å². The van der Waals surface area contributed by atoms with Crippen LogP contribution >= 0.6 is 15.9 Å². The van der Waals surface area contributed by atoms with E-state index in [0.717, 1.165) is 29.6 Å². The van der Waals surface area contributed by atoms with Crippen molar-refractivity contribution in [2.24, 2.45) is 0 Å². The molecule has 0 unspecified atom stereocenters. The van der Waals surface area contributed by atoms with Crippen molar-refractivity contribution in [1.82, 2.24) is 4.98 Å². The van der Waals surface area contributed by atoms with Crippen molar-refractivity contribution in [3.8, 4) is 0 Å². The molecule has 0 atom stereocenters. The van der Waals surface area contributed by atoms with Gasteiger partial charge in [-0.2, -0.15) is 0 Å². The topological polar surface area (TPSA) is 33.1 Å². The summed E-state index contributed by atoms with van der Waals surface area (Å²) in [5.74, 6) is 0. The summed E-state index contributed by atoms with van der Waals surface area (Å²) in [5.41, 5.74) is 1.08. The number of rotatable bonds is 4. The van der Waals surface area contributed by atoms with Crippen LogP contribution < -0.4 is 0 Å². The molecule has 66 valence electrons. The molecule has 1 aromatic rings. The van der Waals surface area contributed by atoms with Gasteiger partial charge in [-0.1, -0.05) is 6.07 Å². The molecular formula is C9H12BrNO. The van der Waals surface area contributed by atoms with E-state index in [1.165, 1.54) is 0 Å². The van der Waals surface area contributed by atoms with Crippen LogP contribution in [0, 0.1) is 0 Å². The summed E-state index contributed by atoms with van der Waals surface area (Å²) in [5, 5.41) is 8.57. The van der Waals surface area contributed by atoms with Crippen LogP contribution in [0.15, 0.2) is 22.8 Å². The molecule has 0 aliphatic rings. The van der Waals surface area contributed by atoms with Gasteiger partial charge < -0.3 is 5.11 Å². The second-order valence-corrected chi connectivity index (χ2v) is 3.44. The van der Waals surface area contributed by atoms with Crippen molar-refractivity contribution in [3.05, 3.63) is 28.5 Å². The Balaban J connectivity index is 2.41. The van der Waals surface area contributed by atoms with Crippen LogP contribution in [0.3, 0.4) is 0 Å². The van der Waals surface area contributed by atoms with Gasteiger partial charge >= 0.3 is 0 Å². The van der Waals surface area contributed by atoms with Crippen LogP contribution in [0.4, 0.5) is 0 Å². The zero-order valence-corrected chi connectivity index (χ0v) is 8.42. The number of aromatic nitrogens is 1. The number of hydrogen-bond donors (Lipinski definition) is 1. The molecule has 1 heterocycles.